The molecule has 2 aromatic rings. The standard InChI is InChI=1S/C20H22Cl2N6O2/c1-27-2-4-28(5-3-27)26-19(30)15-7-12(13-9-16(21)11-17(22)10-13)6-14(8-15)18(29)25-20(23)24/h6-11H,2-5H2,1H3,(H,26,30)(H4,23,24,25,29). The number of nitrogens with zero attached hydrogens (tertiary/aromatic N) is 3. The monoisotopic (exact) mass is 448 g/mol. The maximum absolute atomic E-state index is 12.9. The quantitative estimate of drug-likeness (QED) is 0.486. The largest absolute Gasteiger partial charge is 0.370 e. The third-order valence-corrected chi connectivity index (χ3v) is 5.07. The van der Waals surface area contributed by atoms with Crippen molar-refractivity contribution in [2.24, 2.45) is 16.5 Å². The zero-order valence-electron chi connectivity index (χ0n) is 16.4. The van der Waals surface area contributed by atoms with E-state index >= 15 is 0 Å². The van der Waals surface area contributed by atoms with E-state index in [4.69, 9.17) is 34.7 Å². The average molecular weight is 449 g/mol. The highest BCUT2D eigenvalue weighted by Gasteiger charge is 2.19. The Morgan fingerprint density at radius 2 is 1.47 bits per heavy atom. The molecule has 1 fully saturated rings. The molecule has 3 rings (SSSR count). The van der Waals surface area contributed by atoms with Gasteiger partial charge in [0, 0.05) is 47.4 Å². The van der Waals surface area contributed by atoms with Gasteiger partial charge in [-0.15, -0.1) is 0 Å². The Labute approximate surface area is 184 Å². The summed E-state index contributed by atoms with van der Waals surface area (Å²) in [6, 6.07) is 9.69. The molecule has 0 saturated carbocycles. The molecule has 1 aliphatic heterocycles. The van der Waals surface area contributed by atoms with Crippen molar-refractivity contribution in [2.45, 2.75) is 0 Å². The third kappa shape index (κ3) is 5.70. The molecule has 1 heterocycles. The number of hydrogen-bond donors (Lipinski definition) is 3. The molecule has 0 aromatic heterocycles. The first-order chi connectivity index (χ1) is 14.2. The zero-order chi connectivity index (χ0) is 21.8. The Hall–Kier alpha value is -2.65. The molecule has 0 spiro atoms. The van der Waals surface area contributed by atoms with Gasteiger partial charge in [-0.25, -0.2) is 5.01 Å². The summed E-state index contributed by atoms with van der Waals surface area (Å²) in [5.74, 6) is -1.36. The topological polar surface area (TPSA) is 117 Å². The van der Waals surface area contributed by atoms with Crippen LogP contribution in [0.15, 0.2) is 41.4 Å². The summed E-state index contributed by atoms with van der Waals surface area (Å²) >= 11 is 12.2. The second-order valence-corrected chi connectivity index (χ2v) is 7.90. The van der Waals surface area contributed by atoms with Gasteiger partial charge in [0.05, 0.1) is 0 Å². The van der Waals surface area contributed by atoms with Crippen LogP contribution in [-0.4, -0.2) is 60.9 Å². The molecule has 0 atom stereocenters. The molecule has 8 nitrogen and oxygen atoms in total. The summed E-state index contributed by atoms with van der Waals surface area (Å²) < 4.78 is 0. The Bertz CT molecular complexity index is 979. The molecule has 1 saturated heterocycles. The number of benzene rings is 2. The SMILES string of the molecule is CN1CCN(NC(=O)c2cc(C(=O)N=C(N)N)cc(-c3cc(Cl)cc(Cl)c3)c2)CC1. The summed E-state index contributed by atoms with van der Waals surface area (Å²) in [5.41, 5.74) is 15.2. The lowest BCUT2D eigenvalue weighted by atomic mass is 9.99. The number of carbonyl (C=O) groups excluding carboxylic acids is 2. The molecule has 5 N–H and O–H groups in total. The Morgan fingerprint density at radius 1 is 0.900 bits per heavy atom. The Morgan fingerprint density at radius 3 is 2.07 bits per heavy atom. The lowest BCUT2D eigenvalue weighted by molar-refractivity contribution is 0.0662. The van der Waals surface area contributed by atoms with E-state index in [0.717, 1.165) is 13.1 Å². The van der Waals surface area contributed by atoms with Crippen molar-refractivity contribution >= 4 is 41.0 Å². The lowest BCUT2D eigenvalue weighted by Gasteiger charge is -2.32. The van der Waals surface area contributed by atoms with E-state index < -0.39 is 5.91 Å². The normalized spacial score (nSPS) is 14.9. The van der Waals surface area contributed by atoms with Crippen LogP contribution < -0.4 is 16.9 Å². The molecule has 0 unspecified atom stereocenters. The Kier molecular flexibility index (Phi) is 6.94. The molecule has 2 aromatic carbocycles. The molecule has 0 radical (unpaired) electrons. The van der Waals surface area contributed by atoms with Crippen LogP contribution in [-0.2, 0) is 0 Å². The van der Waals surface area contributed by atoms with E-state index in [1.165, 1.54) is 6.07 Å². The molecule has 0 aliphatic carbocycles. The van der Waals surface area contributed by atoms with E-state index in [1.54, 1.807) is 30.3 Å². The first kappa shape index (κ1) is 22.0. The fourth-order valence-electron chi connectivity index (χ4n) is 3.08. The highest BCUT2D eigenvalue weighted by molar-refractivity contribution is 6.35. The minimum absolute atomic E-state index is 0.167. The van der Waals surface area contributed by atoms with Gasteiger partial charge >= 0.3 is 0 Å². The van der Waals surface area contributed by atoms with Crippen LogP contribution in [0.2, 0.25) is 10.0 Å². The number of nitrogens with two attached hydrogens (primary N) is 2. The number of carbonyl (C=O) groups is 2. The Balaban J connectivity index is 1.97. The summed E-state index contributed by atoms with van der Waals surface area (Å²) in [4.78, 5) is 31.1. The molecule has 10 heteroatoms. The highest BCUT2D eigenvalue weighted by Crippen LogP contribution is 2.29. The van der Waals surface area contributed by atoms with Crippen LogP contribution in [0.5, 0.6) is 0 Å². The van der Waals surface area contributed by atoms with Crippen molar-refractivity contribution < 1.29 is 9.59 Å². The van der Waals surface area contributed by atoms with Gasteiger partial charge in [0.1, 0.15) is 0 Å². The number of aliphatic imine (C=N–C) groups is 1. The van der Waals surface area contributed by atoms with Crippen LogP contribution in [0.25, 0.3) is 11.1 Å². The van der Waals surface area contributed by atoms with Gasteiger partial charge in [-0.05, 0) is 54.6 Å². The molecular formula is C20H22Cl2N6O2. The summed E-state index contributed by atoms with van der Waals surface area (Å²) in [7, 11) is 2.03. The minimum Gasteiger partial charge on any atom is -0.370 e. The molecule has 30 heavy (non-hydrogen) atoms. The predicted octanol–water partition coefficient (Wildman–Crippen LogP) is 1.97. The van der Waals surface area contributed by atoms with Gasteiger partial charge in [-0.1, -0.05) is 23.2 Å². The number of piperazine rings is 1. The average Bonchev–Trinajstić information content (AvgIpc) is 2.68. The fourth-order valence-corrected chi connectivity index (χ4v) is 3.60. The van der Waals surface area contributed by atoms with Crippen LogP contribution in [0.3, 0.4) is 0 Å². The maximum atomic E-state index is 12.9. The van der Waals surface area contributed by atoms with Crippen LogP contribution in [0.1, 0.15) is 20.7 Å². The van der Waals surface area contributed by atoms with Gasteiger partial charge in [-0.3, -0.25) is 15.0 Å². The second kappa shape index (κ2) is 9.44. The number of halogens is 2. The van der Waals surface area contributed by atoms with E-state index in [1.807, 2.05) is 12.1 Å². The first-order valence-corrected chi connectivity index (χ1v) is 9.97. The number of guanidine groups is 1. The minimum atomic E-state index is -0.654. The van der Waals surface area contributed by atoms with E-state index in [0.29, 0.717) is 34.3 Å². The molecule has 0 bridgehead atoms. The van der Waals surface area contributed by atoms with E-state index in [9.17, 15) is 9.59 Å². The summed E-state index contributed by atoms with van der Waals surface area (Å²) in [6.45, 7) is 3.09. The van der Waals surface area contributed by atoms with Gasteiger partial charge in [0.15, 0.2) is 5.96 Å². The number of amides is 2. The molecular weight excluding hydrogens is 427 g/mol. The van der Waals surface area contributed by atoms with E-state index in [-0.39, 0.29) is 23.0 Å². The van der Waals surface area contributed by atoms with Crippen molar-refractivity contribution in [3.8, 4) is 11.1 Å². The van der Waals surface area contributed by atoms with Crippen molar-refractivity contribution in [1.82, 2.24) is 15.3 Å². The zero-order valence-corrected chi connectivity index (χ0v) is 17.9. The van der Waals surface area contributed by atoms with Crippen molar-refractivity contribution in [1.29, 1.82) is 0 Å². The van der Waals surface area contributed by atoms with Crippen molar-refractivity contribution in [3.05, 3.63) is 57.6 Å². The smallest absolute Gasteiger partial charge is 0.280 e. The van der Waals surface area contributed by atoms with Gasteiger partial charge < -0.3 is 16.4 Å². The first-order valence-electron chi connectivity index (χ1n) is 9.21. The summed E-state index contributed by atoms with van der Waals surface area (Å²) in [6.07, 6.45) is 0. The third-order valence-electron chi connectivity index (χ3n) is 4.63. The van der Waals surface area contributed by atoms with Gasteiger partial charge in [-0.2, -0.15) is 4.99 Å². The second-order valence-electron chi connectivity index (χ2n) is 7.03. The number of hydrogen-bond acceptors (Lipinski definition) is 4. The van der Waals surface area contributed by atoms with Crippen molar-refractivity contribution in [3.63, 3.8) is 0 Å². The van der Waals surface area contributed by atoms with Crippen LogP contribution in [0.4, 0.5) is 0 Å². The number of hydrazine groups is 1. The molecule has 158 valence electrons. The molecule has 2 amide bonds. The maximum Gasteiger partial charge on any atom is 0.280 e. The van der Waals surface area contributed by atoms with E-state index in [2.05, 4.69) is 15.3 Å². The van der Waals surface area contributed by atoms with Crippen molar-refractivity contribution in [2.75, 3.05) is 33.2 Å². The van der Waals surface area contributed by atoms with Crippen LogP contribution >= 0.6 is 23.2 Å². The van der Waals surface area contributed by atoms with Crippen LogP contribution in [0, 0.1) is 0 Å². The summed E-state index contributed by atoms with van der Waals surface area (Å²) in [5, 5.41) is 2.71. The lowest BCUT2D eigenvalue weighted by Crippen LogP contribution is -2.52. The number of rotatable bonds is 4. The van der Waals surface area contributed by atoms with Gasteiger partial charge in [0.25, 0.3) is 11.8 Å². The number of nitrogens with one attached hydrogen (secondary N) is 1. The highest BCUT2D eigenvalue weighted by atomic mass is 35.5. The fraction of sp³-hybridized carbons (Fsp3) is 0.250. The molecule has 1 aliphatic rings. The van der Waals surface area contributed by atoms with Gasteiger partial charge in [0.2, 0.25) is 0 Å². The predicted molar refractivity (Wildman–Crippen MR) is 119 cm³/mol. The number of likely N-dealkylation sites (N-methyl/N-ethyl adjacent to an activating group) is 1.